The van der Waals surface area contributed by atoms with Gasteiger partial charge in [0.25, 0.3) is 10.0 Å². The summed E-state index contributed by atoms with van der Waals surface area (Å²) in [4.78, 5) is 11.3. The van der Waals surface area contributed by atoms with Gasteiger partial charge in [-0.2, -0.15) is 18.4 Å². The summed E-state index contributed by atoms with van der Waals surface area (Å²) in [6.45, 7) is 0.310. The Bertz CT molecular complexity index is 1610. The zero-order valence-electron chi connectivity index (χ0n) is 19.9. The fourth-order valence-corrected chi connectivity index (χ4v) is 5.78. The molecule has 1 aliphatic heterocycles. The number of rotatable bonds is 4. The van der Waals surface area contributed by atoms with Crippen LogP contribution in [0.3, 0.4) is 0 Å². The molecule has 0 aliphatic carbocycles. The van der Waals surface area contributed by atoms with E-state index in [9.17, 15) is 26.4 Å². The number of nitrogens with one attached hydrogen (secondary N) is 1. The van der Waals surface area contributed by atoms with Crippen LogP contribution >= 0.6 is 11.6 Å². The number of alkyl halides is 3. The van der Waals surface area contributed by atoms with Crippen molar-refractivity contribution in [3.8, 4) is 11.4 Å². The molecule has 15 heteroatoms. The molecule has 0 radical (unpaired) electrons. The van der Waals surface area contributed by atoms with Gasteiger partial charge in [0, 0.05) is 22.8 Å². The number of hydrogen-bond donors (Lipinski definition) is 3. The minimum absolute atomic E-state index is 0.0274. The van der Waals surface area contributed by atoms with Gasteiger partial charge < -0.3 is 10.8 Å². The smallest absolute Gasteiger partial charge is 0.417 e. The first kappa shape index (κ1) is 27.9. The number of aromatic amines is 1. The maximum absolute atomic E-state index is 12.9. The van der Waals surface area contributed by atoms with Crippen LogP contribution in [-0.2, 0) is 22.6 Å². The first-order chi connectivity index (χ1) is 18.4. The molecule has 0 fully saturated rings. The highest BCUT2D eigenvalue weighted by Crippen LogP contribution is 2.37. The molecule has 0 unspecified atom stereocenters. The van der Waals surface area contributed by atoms with Gasteiger partial charge >= 0.3 is 12.1 Å². The van der Waals surface area contributed by atoms with Gasteiger partial charge in [-0.1, -0.05) is 23.7 Å². The van der Waals surface area contributed by atoms with E-state index in [1.54, 1.807) is 18.2 Å². The van der Waals surface area contributed by atoms with Crippen molar-refractivity contribution >= 4 is 39.0 Å². The Morgan fingerprint density at radius 3 is 2.51 bits per heavy atom. The molecule has 0 atom stereocenters. The number of tetrazole rings is 1. The first-order valence-corrected chi connectivity index (χ1v) is 13.0. The summed E-state index contributed by atoms with van der Waals surface area (Å²) in [5, 5.41) is 21.8. The average molecular weight is 581 g/mol. The molecule has 5 rings (SSSR count). The predicted octanol–water partition coefficient (Wildman–Crippen LogP) is 4.65. The third kappa shape index (κ3) is 6.12. The topological polar surface area (TPSA) is 155 Å². The van der Waals surface area contributed by atoms with Gasteiger partial charge in [0.2, 0.25) is 5.82 Å². The number of benzene rings is 3. The number of halogens is 4. The Labute approximate surface area is 225 Å². The van der Waals surface area contributed by atoms with Crippen molar-refractivity contribution in [2.75, 3.05) is 16.6 Å². The number of aromatic carboxylic acids is 1. The SMILES string of the molecule is Nc1ccc(-c2nn[nH]n2)c(C(F)(F)F)c1.O=C(O)c1ccc2c(c1)N(S(=O)(=O)c1cccc(Cl)c1)CCC2. The molecule has 3 aromatic carbocycles. The summed E-state index contributed by atoms with van der Waals surface area (Å²) in [5.74, 6) is -1.20. The standard InChI is InChI=1S/C16H14ClNO4S.C8H6F3N5/c17-13-4-1-5-14(10-13)23(21,22)18-8-2-3-11-6-7-12(16(19)20)9-15(11)18;9-8(10,11)6-3-4(12)1-2-5(6)7-13-15-16-14-7/h1,4-7,9-10H,2-3,8H2,(H,19,20);1-3H,12H2,(H,13,14,15,16). The number of anilines is 2. The second-order valence-electron chi connectivity index (χ2n) is 8.32. The van der Waals surface area contributed by atoms with Crippen molar-refractivity contribution in [1.82, 2.24) is 20.6 Å². The Kier molecular flexibility index (Phi) is 7.79. The first-order valence-electron chi connectivity index (χ1n) is 11.2. The van der Waals surface area contributed by atoms with Crippen molar-refractivity contribution in [3.63, 3.8) is 0 Å². The normalized spacial score (nSPS) is 13.3. The lowest BCUT2D eigenvalue weighted by molar-refractivity contribution is -0.137. The van der Waals surface area contributed by atoms with Gasteiger partial charge in [0.15, 0.2) is 0 Å². The third-order valence-electron chi connectivity index (χ3n) is 5.73. The summed E-state index contributed by atoms with van der Waals surface area (Å²) in [6, 6.07) is 14.0. The quantitative estimate of drug-likeness (QED) is 0.295. The van der Waals surface area contributed by atoms with E-state index in [0.717, 1.165) is 18.1 Å². The van der Waals surface area contributed by atoms with Crippen molar-refractivity contribution in [2.24, 2.45) is 0 Å². The van der Waals surface area contributed by atoms with Gasteiger partial charge in [0.05, 0.1) is 21.7 Å². The van der Waals surface area contributed by atoms with E-state index in [4.69, 9.17) is 22.4 Å². The number of carboxylic acids is 1. The van der Waals surface area contributed by atoms with E-state index in [1.165, 1.54) is 40.7 Å². The molecule has 4 N–H and O–H groups in total. The van der Waals surface area contributed by atoms with E-state index < -0.39 is 27.7 Å². The Balaban J connectivity index is 0.000000193. The molecular formula is C24H20ClF3N6O4S. The molecule has 0 amide bonds. The number of carbonyl (C=O) groups is 1. The fourth-order valence-electron chi connectivity index (χ4n) is 3.95. The number of H-pyrrole nitrogens is 1. The maximum Gasteiger partial charge on any atom is 0.417 e. The number of aromatic nitrogens is 4. The van der Waals surface area contributed by atoms with Gasteiger partial charge in [-0.3, -0.25) is 4.31 Å². The van der Waals surface area contributed by atoms with Gasteiger partial charge in [-0.05, 0) is 72.1 Å². The van der Waals surface area contributed by atoms with Crippen molar-refractivity contribution in [3.05, 3.63) is 82.4 Å². The monoisotopic (exact) mass is 580 g/mol. The summed E-state index contributed by atoms with van der Waals surface area (Å²) >= 11 is 5.90. The summed E-state index contributed by atoms with van der Waals surface area (Å²) in [6.07, 6.45) is -3.11. The van der Waals surface area contributed by atoms with Gasteiger partial charge in [-0.25, -0.2) is 13.2 Å². The van der Waals surface area contributed by atoms with Crippen LogP contribution in [-0.4, -0.2) is 46.7 Å². The van der Waals surface area contributed by atoms with Crippen LogP contribution in [0.1, 0.15) is 27.9 Å². The lowest BCUT2D eigenvalue weighted by Gasteiger charge is -2.30. The predicted molar refractivity (Wildman–Crippen MR) is 137 cm³/mol. The van der Waals surface area contributed by atoms with Crippen LogP contribution in [0, 0.1) is 0 Å². The van der Waals surface area contributed by atoms with Crippen molar-refractivity contribution in [2.45, 2.75) is 23.9 Å². The van der Waals surface area contributed by atoms with Gasteiger partial charge in [-0.15, -0.1) is 10.2 Å². The highest BCUT2D eigenvalue weighted by molar-refractivity contribution is 7.92. The van der Waals surface area contributed by atoms with E-state index in [-0.39, 0.29) is 27.5 Å². The molecule has 4 aromatic rings. The van der Waals surface area contributed by atoms with Crippen LogP contribution in [0.5, 0.6) is 0 Å². The Morgan fingerprint density at radius 2 is 1.87 bits per heavy atom. The van der Waals surface area contributed by atoms with Gasteiger partial charge in [0.1, 0.15) is 0 Å². The highest BCUT2D eigenvalue weighted by Gasteiger charge is 2.35. The minimum Gasteiger partial charge on any atom is -0.478 e. The molecule has 1 aliphatic rings. The molecule has 204 valence electrons. The van der Waals surface area contributed by atoms with Crippen LogP contribution < -0.4 is 10.0 Å². The lowest BCUT2D eigenvalue weighted by Crippen LogP contribution is -2.35. The van der Waals surface area contributed by atoms with Crippen LogP contribution in [0.15, 0.2) is 65.6 Å². The summed E-state index contributed by atoms with van der Waals surface area (Å²) < 4.78 is 65.1. The summed E-state index contributed by atoms with van der Waals surface area (Å²) in [5.41, 5.74) is 5.62. The van der Waals surface area contributed by atoms with E-state index >= 15 is 0 Å². The second kappa shape index (κ2) is 10.9. The molecule has 0 bridgehead atoms. The van der Waals surface area contributed by atoms with E-state index in [2.05, 4.69) is 20.6 Å². The van der Waals surface area contributed by atoms with E-state index in [1.807, 2.05) is 0 Å². The van der Waals surface area contributed by atoms with Crippen LogP contribution in [0.4, 0.5) is 24.5 Å². The van der Waals surface area contributed by atoms with Crippen LogP contribution in [0.2, 0.25) is 5.02 Å². The molecular weight excluding hydrogens is 561 g/mol. The molecule has 39 heavy (non-hydrogen) atoms. The number of nitrogens with two attached hydrogens (primary N) is 1. The van der Waals surface area contributed by atoms with Crippen LogP contribution in [0.25, 0.3) is 11.4 Å². The second-order valence-corrected chi connectivity index (χ2v) is 10.6. The lowest BCUT2D eigenvalue weighted by atomic mass is 10.0. The molecule has 0 saturated carbocycles. The number of nitrogens with zero attached hydrogens (tertiary/aromatic N) is 4. The molecule has 10 nitrogen and oxygen atoms in total. The number of carboxylic acid groups (broad SMARTS) is 1. The number of nitrogen functional groups attached to an aromatic ring is 1. The zero-order chi connectivity index (χ0) is 28.4. The average Bonchev–Trinajstić information content (AvgIpc) is 3.43. The Hall–Kier alpha value is -4.17. The Morgan fingerprint density at radius 1 is 1.10 bits per heavy atom. The number of fused-ring (bicyclic) bond motifs is 1. The van der Waals surface area contributed by atoms with E-state index in [0.29, 0.717) is 23.7 Å². The number of hydrogen-bond acceptors (Lipinski definition) is 7. The zero-order valence-corrected chi connectivity index (χ0v) is 21.4. The fraction of sp³-hybridized carbons (Fsp3) is 0.167. The summed E-state index contributed by atoms with van der Waals surface area (Å²) in [7, 11) is -3.78. The maximum atomic E-state index is 12.9. The molecule has 0 saturated heterocycles. The minimum atomic E-state index is -4.51. The van der Waals surface area contributed by atoms with Crippen molar-refractivity contribution < 1.29 is 31.5 Å². The number of aryl methyl sites for hydroxylation is 1. The molecule has 1 aromatic heterocycles. The van der Waals surface area contributed by atoms with Crippen molar-refractivity contribution in [1.29, 1.82) is 0 Å². The third-order valence-corrected chi connectivity index (χ3v) is 7.77. The molecule has 0 spiro atoms. The highest BCUT2D eigenvalue weighted by atomic mass is 35.5. The number of sulfonamides is 1. The molecule has 2 heterocycles. The largest absolute Gasteiger partial charge is 0.478 e.